The van der Waals surface area contributed by atoms with Crippen molar-refractivity contribution >= 4 is 43.3 Å². The SMILES string of the molecule is CCCC(CCC)=NNC(=O)CN(c1ccccc1)S(=O)(=O)c1cc(Br)ccc1OC. The van der Waals surface area contributed by atoms with Crippen LogP contribution in [0.3, 0.4) is 0 Å². The molecule has 9 heteroatoms. The van der Waals surface area contributed by atoms with Gasteiger partial charge in [-0.1, -0.05) is 60.8 Å². The molecule has 168 valence electrons. The van der Waals surface area contributed by atoms with Crippen molar-refractivity contribution in [2.75, 3.05) is 18.0 Å². The molecule has 2 aromatic carbocycles. The second-order valence-corrected chi connectivity index (χ2v) is 9.60. The highest BCUT2D eigenvalue weighted by molar-refractivity contribution is 9.10. The predicted octanol–water partition coefficient (Wildman–Crippen LogP) is 4.73. The first-order valence-corrected chi connectivity index (χ1v) is 12.3. The van der Waals surface area contributed by atoms with Crippen LogP contribution in [0.5, 0.6) is 5.75 Å². The molecule has 2 aromatic rings. The lowest BCUT2D eigenvalue weighted by Crippen LogP contribution is -2.40. The number of methoxy groups -OCH3 is 1. The zero-order valence-electron chi connectivity index (χ0n) is 18.0. The summed E-state index contributed by atoms with van der Waals surface area (Å²) < 4.78 is 34.0. The van der Waals surface area contributed by atoms with E-state index in [-0.39, 0.29) is 10.6 Å². The molecular formula is C22H28BrN3O4S. The summed E-state index contributed by atoms with van der Waals surface area (Å²) in [7, 11) is -2.70. The molecule has 0 atom stereocenters. The lowest BCUT2D eigenvalue weighted by molar-refractivity contribution is -0.119. The fourth-order valence-corrected chi connectivity index (χ4v) is 5.12. The molecule has 1 amide bonds. The smallest absolute Gasteiger partial charge is 0.268 e. The zero-order valence-corrected chi connectivity index (χ0v) is 20.4. The summed E-state index contributed by atoms with van der Waals surface area (Å²) in [5.74, 6) is -0.332. The number of carbonyl (C=O) groups excluding carboxylic acids is 1. The average Bonchev–Trinajstić information content (AvgIpc) is 2.76. The van der Waals surface area contributed by atoms with Crippen LogP contribution in [0.1, 0.15) is 39.5 Å². The van der Waals surface area contributed by atoms with Crippen molar-refractivity contribution in [3.63, 3.8) is 0 Å². The van der Waals surface area contributed by atoms with E-state index in [1.165, 1.54) is 13.2 Å². The van der Waals surface area contributed by atoms with Crippen LogP contribution in [0.15, 0.2) is 63.0 Å². The molecule has 0 saturated carbocycles. The first-order valence-electron chi connectivity index (χ1n) is 10.1. The normalized spacial score (nSPS) is 11.0. The number of nitrogens with one attached hydrogen (secondary N) is 1. The Morgan fingerprint density at radius 3 is 2.32 bits per heavy atom. The van der Waals surface area contributed by atoms with Crippen molar-refractivity contribution in [2.24, 2.45) is 5.10 Å². The first kappa shape index (κ1) is 24.9. The molecule has 0 aliphatic heterocycles. The van der Waals surface area contributed by atoms with Crippen LogP contribution in [0.4, 0.5) is 5.69 Å². The number of rotatable bonds is 11. The van der Waals surface area contributed by atoms with Gasteiger partial charge >= 0.3 is 0 Å². The summed E-state index contributed by atoms with van der Waals surface area (Å²) in [6.45, 7) is 3.67. The third-order valence-corrected chi connectivity index (χ3v) is 6.73. The minimum atomic E-state index is -4.10. The van der Waals surface area contributed by atoms with Crippen molar-refractivity contribution in [3.05, 3.63) is 53.0 Å². The molecule has 1 N–H and O–H groups in total. The maximum atomic E-state index is 13.6. The number of amides is 1. The van der Waals surface area contributed by atoms with E-state index in [0.717, 1.165) is 35.7 Å². The van der Waals surface area contributed by atoms with Crippen molar-refractivity contribution < 1.29 is 17.9 Å². The zero-order chi connectivity index (χ0) is 22.9. The maximum absolute atomic E-state index is 13.6. The molecule has 0 radical (unpaired) electrons. The molecular weight excluding hydrogens is 482 g/mol. The summed E-state index contributed by atoms with van der Waals surface area (Å²) in [6.07, 6.45) is 3.40. The van der Waals surface area contributed by atoms with Gasteiger partial charge in [0, 0.05) is 10.2 Å². The number of benzene rings is 2. The summed E-state index contributed by atoms with van der Waals surface area (Å²) >= 11 is 3.31. The van der Waals surface area contributed by atoms with Gasteiger partial charge < -0.3 is 4.74 Å². The Morgan fingerprint density at radius 1 is 1.10 bits per heavy atom. The molecule has 0 spiro atoms. The van der Waals surface area contributed by atoms with Crippen LogP contribution in [0.2, 0.25) is 0 Å². The van der Waals surface area contributed by atoms with Gasteiger partial charge in [-0.2, -0.15) is 5.10 Å². The van der Waals surface area contributed by atoms with Crippen LogP contribution < -0.4 is 14.5 Å². The summed E-state index contributed by atoms with van der Waals surface area (Å²) in [4.78, 5) is 12.6. The summed E-state index contributed by atoms with van der Waals surface area (Å²) in [5, 5.41) is 4.22. The van der Waals surface area contributed by atoms with Gasteiger partial charge in [0.25, 0.3) is 15.9 Å². The van der Waals surface area contributed by atoms with Crippen molar-refractivity contribution in [3.8, 4) is 5.75 Å². The van der Waals surface area contributed by atoms with Gasteiger partial charge in [-0.05, 0) is 43.2 Å². The number of carbonyl (C=O) groups is 1. The Kier molecular flexibility index (Phi) is 9.51. The van der Waals surface area contributed by atoms with Crippen LogP contribution >= 0.6 is 15.9 Å². The van der Waals surface area contributed by atoms with Gasteiger partial charge in [-0.25, -0.2) is 13.8 Å². The van der Waals surface area contributed by atoms with E-state index in [4.69, 9.17) is 4.74 Å². The minimum Gasteiger partial charge on any atom is -0.495 e. The molecule has 0 aliphatic carbocycles. The second kappa shape index (κ2) is 11.9. The Labute approximate surface area is 192 Å². The van der Waals surface area contributed by atoms with Gasteiger partial charge in [0.1, 0.15) is 17.2 Å². The Balaban J connectivity index is 2.40. The van der Waals surface area contributed by atoms with Gasteiger partial charge in [0.05, 0.1) is 12.8 Å². The van der Waals surface area contributed by atoms with E-state index in [1.54, 1.807) is 42.5 Å². The van der Waals surface area contributed by atoms with Gasteiger partial charge in [-0.15, -0.1) is 0 Å². The molecule has 0 heterocycles. The van der Waals surface area contributed by atoms with E-state index >= 15 is 0 Å². The highest BCUT2D eigenvalue weighted by Gasteiger charge is 2.30. The lowest BCUT2D eigenvalue weighted by Gasteiger charge is -2.24. The number of para-hydroxylation sites is 1. The van der Waals surface area contributed by atoms with Gasteiger partial charge in [0.15, 0.2) is 0 Å². The number of anilines is 1. The summed E-state index contributed by atoms with van der Waals surface area (Å²) in [6, 6.07) is 13.2. The molecule has 0 saturated heterocycles. The van der Waals surface area contributed by atoms with E-state index in [0.29, 0.717) is 10.2 Å². The number of hydrogen-bond acceptors (Lipinski definition) is 5. The highest BCUT2D eigenvalue weighted by Crippen LogP contribution is 2.32. The largest absolute Gasteiger partial charge is 0.495 e. The van der Waals surface area contributed by atoms with Crippen molar-refractivity contribution in [1.82, 2.24) is 5.43 Å². The van der Waals surface area contributed by atoms with Crippen molar-refractivity contribution in [2.45, 2.75) is 44.4 Å². The maximum Gasteiger partial charge on any atom is 0.268 e. The number of hydrogen-bond donors (Lipinski definition) is 1. The van der Waals surface area contributed by atoms with E-state index in [2.05, 4.69) is 26.5 Å². The standard InChI is InChI=1S/C22H28BrN3O4S/c1-4-9-18(10-5-2)24-25-22(27)16-26(19-11-7-6-8-12-19)31(28,29)21-15-17(23)13-14-20(21)30-3/h6-8,11-15H,4-5,9-10,16H2,1-3H3,(H,25,27). The third-order valence-electron chi connectivity index (χ3n) is 4.44. The monoisotopic (exact) mass is 509 g/mol. The van der Waals surface area contributed by atoms with Crippen LogP contribution in [-0.4, -0.2) is 33.7 Å². The fourth-order valence-electron chi connectivity index (χ4n) is 3.00. The first-order chi connectivity index (χ1) is 14.8. The van der Waals surface area contributed by atoms with Crippen LogP contribution in [-0.2, 0) is 14.8 Å². The molecule has 7 nitrogen and oxygen atoms in total. The average molecular weight is 510 g/mol. The van der Waals surface area contributed by atoms with Crippen molar-refractivity contribution in [1.29, 1.82) is 0 Å². The molecule has 0 aromatic heterocycles. The number of ether oxygens (including phenoxy) is 1. The highest BCUT2D eigenvalue weighted by atomic mass is 79.9. The Hall–Kier alpha value is -2.39. The molecule has 0 unspecified atom stereocenters. The van der Waals surface area contributed by atoms with E-state index < -0.39 is 22.5 Å². The molecule has 0 bridgehead atoms. The fraction of sp³-hybridized carbons (Fsp3) is 0.364. The molecule has 2 rings (SSSR count). The number of nitrogens with zero attached hydrogens (tertiary/aromatic N) is 2. The van der Waals surface area contributed by atoms with Gasteiger partial charge in [0.2, 0.25) is 0 Å². The predicted molar refractivity (Wildman–Crippen MR) is 127 cm³/mol. The molecule has 0 fully saturated rings. The lowest BCUT2D eigenvalue weighted by atomic mass is 10.1. The van der Waals surface area contributed by atoms with Crippen LogP contribution in [0, 0.1) is 0 Å². The van der Waals surface area contributed by atoms with E-state index in [1.807, 2.05) is 13.8 Å². The number of halogens is 1. The minimum absolute atomic E-state index is 0.0396. The molecule has 31 heavy (non-hydrogen) atoms. The topological polar surface area (TPSA) is 88.1 Å². The quantitative estimate of drug-likeness (QED) is 0.350. The molecule has 0 aliphatic rings. The Bertz CT molecular complexity index is 1000. The summed E-state index contributed by atoms with van der Waals surface area (Å²) in [5.41, 5.74) is 3.78. The Morgan fingerprint density at radius 2 is 1.74 bits per heavy atom. The number of hydrazone groups is 1. The van der Waals surface area contributed by atoms with Gasteiger partial charge in [-0.3, -0.25) is 9.10 Å². The van der Waals surface area contributed by atoms with Crippen LogP contribution in [0.25, 0.3) is 0 Å². The third kappa shape index (κ3) is 6.80. The second-order valence-electron chi connectivity index (χ2n) is 6.86. The number of sulfonamides is 1. The van der Waals surface area contributed by atoms with E-state index in [9.17, 15) is 13.2 Å².